The molecule has 6 nitrogen and oxygen atoms in total. The molecule has 0 aliphatic carbocycles. The third-order valence-electron chi connectivity index (χ3n) is 4.68. The second kappa shape index (κ2) is 6.52. The van der Waals surface area contributed by atoms with E-state index < -0.39 is 0 Å². The molecule has 0 aromatic carbocycles. The number of nitrogens with one attached hydrogen (secondary N) is 1. The number of ether oxygens (including phenoxy) is 1. The predicted molar refractivity (Wildman–Crippen MR) is 87.6 cm³/mol. The number of morpholine rings is 1. The van der Waals surface area contributed by atoms with Crippen molar-refractivity contribution in [1.82, 2.24) is 14.2 Å². The number of hydrogen-bond acceptors (Lipinski definition) is 6. The topological polar surface area (TPSA) is 57.7 Å². The maximum absolute atomic E-state index is 12.9. The zero-order valence-corrected chi connectivity index (χ0v) is 14.3. The van der Waals surface area contributed by atoms with Crippen molar-refractivity contribution in [1.29, 1.82) is 0 Å². The molecule has 22 heavy (non-hydrogen) atoms. The summed E-state index contributed by atoms with van der Waals surface area (Å²) in [5, 5.41) is 3.95. The van der Waals surface area contributed by atoms with E-state index in [0.29, 0.717) is 12.0 Å². The first-order valence-electron chi connectivity index (χ1n) is 7.87. The lowest BCUT2D eigenvalue weighted by molar-refractivity contribution is 0.0119. The number of rotatable bonds is 3. The van der Waals surface area contributed by atoms with Crippen molar-refractivity contribution >= 4 is 22.4 Å². The largest absolute Gasteiger partial charge is 0.379 e. The van der Waals surface area contributed by atoms with E-state index >= 15 is 0 Å². The number of likely N-dealkylation sites (tertiary alicyclic amines) is 1. The normalized spacial score (nSPS) is 26.4. The number of carbonyl (C=O) groups excluding carboxylic acids is 1. The van der Waals surface area contributed by atoms with Crippen LogP contribution in [0.25, 0.3) is 0 Å². The van der Waals surface area contributed by atoms with Gasteiger partial charge in [-0.2, -0.15) is 4.37 Å². The number of amides is 1. The first-order chi connectivity index (χ1) is 10.6. The maximum Gasteiger partial charge on any atom is 0.258 e. The highest BCUT2D eigenvalue weighted by molar-refractivity contribution is 7.10. The predicted octanol–water partition coefficient (Wildman–Crippen LogP) is 1.29. The second-order valence-electron chi connectivity index (χ2n) is 6.13. The van der Waals surface area contributed by atoms with E-state index in [4.69, 9.17) is 4.74 Å². The zero-order chi connectivity index (χ0) is 15.7. The van der Waals surface area contributed by atoms with Crippen LogP contribution in [0.5, 0.6) is 0 Å². The molecule has 122 valence electrons. The Labute approximate surface area is 135 Å². The van der Waals surface area contributed by atoms with Gasteiger partial charge in [-0.05, 0) is 24.4 Å². The van der Waals surface area contributed by atoms with E-state index in [0.717, 1.165) is 55.7 Å². The summed E-state index contributed by atoms with van der Waals surface area (Å²) < 4.78 is 9.75. The summed E-state index contributed by atoms with van der Waals surface area (Å²) in [5.74, 6) is 0.602. The van der Waals surface area contributed by atoms with Gasteiger partial charge in [-0.3, -0.25) is 9.69 Å². The third kappa shape index (κ3) is 2.85. The van der Waals surface area contributed by atoms with Crippen LogP contribution in [0.3, 0.4) is 0 Å². The van der Waals surface area contributed by atoms with E-state index in [-0.39, 0.29) is 5.91 Å². The third-order valence-corrected chi connectivity index (χ3v) is 5.63. The fraction of sp³-hybridized carbons (Fsp3) is 0.733. The molecule has 3 heterocycles. The van der Waals surface area contributed by atoms with E-state index in [2.05, 4.69) is 21.5 Å². The van der Waals surface area contributed by atoms with Gasteiger partial charge in [0.05, 0.1) is 24.5 Å². The SMILES string of the molecule is CNc1snc(C)c1C(=O)N1C[C@@H](C)[C@H](N2CCOCC2)C1. The van der Waals surface area contributed by atoms with E-state index in [1.807, 2.05) is 18.9 Å². The summed E-state index contributed by atoms with van der Waals surface area (Å²) in [6.45, 7) is 9.31. The number of aromatic nitrogens is 1. The Bertz CT molecular complexity index is 542. The monoisotopic (exact) mass is 324 g/mol. The Morgan fingerprint density at radius 3 is 2.77 bits per heavy atom. The Morgan fingerprint density at radius 2 is 2.09 bits per heavy atom. The first kappa shape index (κ1) is 15.7. The first-order valence-corrected chi connectivity index (χ1v) is 8.64. The fourth-order valence-electron chi connectivity index (χ4n) is 3.45. The number of carbonyl (C=O) groups is 1. The van der Waals surface area contributed by atoms with Crippen molar-refractivity contribution in [2.24, 2.45) is 5.92 Å². The average Bonchev–Trinajstić information content (AvgIpc) is 3.10. The lowest BCUT2D eigenvalue weighted by atomic mass is 10.0. The molecule has 1 N–H and O–H groups in total. The van der Waals surface area contributed by atoms with Gasteiger partial charge in [-0.15, -0.1) is 0 Å². The van der Waals surface area contributed by atoms with Crippen molar-refractivity contribution in [2.75, 3.05) is 51.8 Å². The van der Waals surface area contributed by atoms with E-state index in [1.54, 1.807) is 0 Å². The van der Waals surface area contributed by atoms with Crippen molar-refractivity contribution in [3.63, 3.8) is 0 Å². The molecule has 2 fully saturated rings. The van der Waals surface area contributed by atoms with Gasteiger partial charge in [0.2, 0.25) is 0 Å². The quantitative estimate of drug-likeness (QED) is 0.908. The molecule has 1 aromatic heterocycles. The van der Waals surface area contributed by atoms with Crippen LogP contribution < -0.4 is 5.32 Å². The maximum atomic E-state index is 12.9. The molecule has 1 aromatic rings. The van der Waals surface area contributed by atoms with Gasteiger partial charge in [0.1, 0.15) is 5.00 Å². The Balaban J connectivity index is 1.73. The smallest absolute Gasteiger partial charge is 0.258 e. The van der Waals surface area contributed by atoms with Crippen LogP contribution in [0.1, 0.15) is 23.0 Å². The van der Waals surface area contributed by atoms with Crippen molar-refractivity contribution in [2.45, 2.75) is 19.9 Å². The Morgan fingerprint density at radius 1 is 1.36 bits per heavy atom. The molecule has 0 bridgehead atoms. The summed E-state index contributed by atoms with van der Waals surface area (Å²) in [4.78, 5) is 17.4. The van der Waals surface area contributed by atoms with Crippen LogP contribution in [0.2, 0.25) is 0 Å². The van der Waals surface area contributed by atoms with Crippen LogP contribution >= 0.6 is 11.5 Å². The zero-order valence-electron chi connectivity index (χ0n) is 13.5. The highest BCUT2D eigenvalue weighted by atomic mass is 32.1. The van der Waals surface area contributed by atoms with Gasteiger partial charge in [-0.25, -0.2) is 0 Å². The minimum atomic E-state index is 0.109. The molecule has 7 heteroatoms. The molecule has 0 radical (unpaired) electrons. The molecule has 2 aliphatic rings. The van der Waals surface area contributed by atoms with Gasteiger partial charge in [0.25, 0.3) is 5.91 Å². The molecule has 1 amide bonds. The lowest BCUT2D eigenvalue weighted by Crippen LogP contribution is -2.47. The van der Waals surface area contributed by atoms with Crippen molar-refractivity contribution < 1.29 is 9.53 Å². The minimum Gasteiger partial charge on any atom is -0.379 e. The summed E-state index contributed by atoms with van der Waals surface area (Å²) in [7, 11) is 1.84. The fourth-order valence-corrected chi connectivity index (χ4v) is 4.19. The van der Waals surface area contributed by atoms with Crippen LogP contribution in [-0.2, 0) is 4.74 Å². The number of hydrogen-bond donors (Lipinski definition) is 1. The molecule has 0 saturated carbocycles. The number of nitrogens with zero attached hydrogens (tertiary/aromatic N) is 3. The molecule has 0 unspecified atom stereocenters. The number of anilines is 1. The lowest BCUT2D eigenvalue weighted by Gasteiger charge is -2.34. The van der Waals surface area contributed by atoms with Crippen LogP contribution in [0, 0.1) is 12.8 Å². The van der Waals surface area contributed by atoms with Crippen molar-refractivity contribution in [3.8, 4) is 0 Å². The molecule has 2 aliphatic heterocycles. The Hall–Kier alpha value is -1.18. The number of aryl methyl sites for hydroxylation is 1. The molecular formula is C15H24N4O2S. The summed E-state index contributed by atoms with van der Waals surface area (Å²) in [6, 6.07) is 0.442. The van der Waals surface area contributed by atoms with Crippen LogP contribution in [0.4, 0.5) is 5.00 Å². The molecule has 2 atom stereocenters. The van der Waals surface area contributed by atoms with Gasteiger partial charge < -0.3 is 15.0 Å². The Kier molecular flexibility index (Phi) is 4.65. The van der Waals surface area contributed by atoms with Gasteiger partial charge in [0, 0.05) is 39.3 Å². The molecule has 3 rings (SSSR count). The average molecular weight is 324 g/mol. The standard InChI is InChI=1S/C15H24N4O2S/c1-10-8-19(9-12(10)18-4-6-21-7-5-18)15(20)13-11(2)17-22-14(13)16-3/h10,12,16H,4-9H2,1-3H3/t10-,12-/m1/s1. The highest BCUT2D eigenvalue weighted by Crippen LogP contribution is 2.29. The van der Waals surface area contributed by atoms with Crippen molar-refractivity contribution in [3.05, 3.63) is 11.3 Å². The van der Waals surface area contributed by atoms with Crippen LogP contribution in [0.15, 0.2) is 0 Å². The second-order valence-corrected chi connectivity index (χ2v) is 6.90. The summed E-state index contributed by atoms with van der Waals surface area (Å²) in [5.41, 5.74) is 1.56. The summed E-state index contributed by atoms with van der Waals surface area (Å²) >= 11 is 1.36. The molecule has 0 spiro atoms. The van der Waals surface area contributed by atoms with E-state index in [9.17, 15) is 4.79 Å². The van der Waals surface area contributed by atoms with Gasteiger partial charge in [0.15, 0.2) is 0 Å². The molecule has 2 saturated heterocycles. The minimum absolute atomic E-state index is 0.109. The van der Waals surface area contributed by atoms with Crippen LogP contribution in [-0.4, -0.2) is 72.6 Å². The van der Waals surface area contributed by atoms with Gasteiger partial charge >= 0.3 is 0 Å². The molecular weight excluding hydrogens is 300 g/mol. The van der Waals surface area contributed by atoms with E-state index in [1.165, 1.54) is 11.5 Å². The highest BCUT2D eigenvalue weighted by Gasteiger charge is 2.38. The summed E-state index contributed by atoms with van der Waals surface area (Å²) in [6.07, 6.45) is 0. The van der Waals surface area contributed by atoms with Gasteiger partial charge in [-0.1, -0.05) is 6.92 Å².